The van der Waals surface area contributed by atoms with Crippen LogP contribution in [0.5, 0.6) is 0 Å². The van der Waals surface area contributed by atoms with Gasteiger partial charge in [0.2, 0.25) is 0 Å². The van der Waals surface area contributed by atoms with Gasteiger partial charge in [-0.1, -0.05) is 0 Å². The van der Waals surface area contributed by atoms with E-state index < -0.39 is 34.3 Å². The lowest BCUT2D eigenvalue weighted by Crippen LogP contribution is -2.25. The van der Waals surface area contributed by atoms with Crippen LogP contribution in [-0.4, -0.2) is 33.8 Å². The molecular weight excluding hydrogens is 483 g/mol. The maximum absolute atomic E-state index is 13.7. The number of carboxylic acids is 1. The Morgan fingerprint density at radius 2 is 1.75 bits per heavy atom. The second kappa shape index (κ2) is 8.80. The number of alkyl halides is 3. The zero-order valence-electron chi connectivity index (χ0n) is 18.7. The summed E-state index contributed by atoms with van der Waals surface area (Å²) in [6.45, 7) is 3.45. The highest BCUT2D eigenvalue weighted by atomic mass is 19.4. The molecule has 36 heavy (non-hydrogen) atoms. The third kappa shape index (κ3) is 4.48. The third-order valence-electron chi connectivity index (χ3n) is 5.49. The molecule has 0 fully saturated rings. The largest absolute Gasteiger partial charge is 0.478 e. The topological polar surface area (TPSA) is 126 Å². The predicted molar refractivity (Wildman–Crippen MR) is 123 cm³/mol. The molecule has 3 aromatic rings. The van der Waals surface area contributed by atoms with E-state index in [2.05, 4.69) is 5.10 Å². The van der Waals surface area contributed by atoms with Crippen molar-refractivity contribution in [3.05, 3.63) is 86.7 Å². The number of rotatable bonds is 5. The summed E-state index contributed by atoms with van der Waals surface area (Å²) < 4.78 is 46.7. The zero-order chi connectivity index (χ0) is 26.4. The van der Waals surface area contributed by atoms with Crippen LogP contribution in [0.1, 0.15) is 27.2 Å². The molecule has 12 heteroatoms. The van der Waals surface area contributed by atoms with Crippen LogP contribution in [0.25, 0.3) is 17.4 Å². The van der Waals surface area contributed by atoms with Gasteiger partial charge in [-0.05, 0) is 73.5 Å². The van der Waals surface area contributed by atoms with Gasteiger partial charge in [-0.15, -0.1) is 0 Å². The minimum atomic E-state index is -4.99. The van der Waals surface area contributed by atoms with Gasteiger partial charge in [0.1, 0.15) is 11.5 Å². The Bertz CT molecular complexity index is 1470. The molecule has 184 valence electrons. The van der Waals surface area contributed by atoms with Crippen LogP contribution in [-0.2, 0) is 4.79 Å². The summed E-state index contributed by atoms with van der Waals surface area (Å²) in [5.74, 6) is -2.47. The van der Waals surface area contributed by atoms with Crippen LogP contribution in [0, 0.1) is 24.0 Å². The number of benzene rings is 2. The number of anilines is 1. The fourth-order valence-electron chi connectivity index (χ4n) is 3.54. The number of nitro benzene ring substituents is 1. The quantitative estimate of drug-likeness (QED) is 0.280. The molecule has 1 aliphatic rings. The molecule has 0 aliphatic carbocycles. The summed E-state index contributed by atoms with van der Waals surface area (Å²) in [7, 11) is 0. The van der Waals surface area contributed by atoms with Crippen molar-refractivity contribution in [2.24, 2.45) is 5.10 Å². The lowest BCUT2D eigenvalue weighted by Gasteiger charge is -2.11. The Labute approximate surface area is 200 Å². The molecule has 0 atom stereocenters. The zero-order valence-corrected chi connectivity index (χ0v) is 18.7. The monoisotopic (exact) mass is 499 g/mol. The van der Waals surface area contributed by atoms with E-state index in [1.54, 1.807) is 13.8 Å². The van der Waals surface area contributed by atoms with Gasteiger partial charge in [0.25, 0.3) is 11.6 Å². The van der Waals surface area contributed by atoms with Crippen molar-refractivity contribution in [3.8, 4) is 11.3 Å². The molecule has 2 aromatic carbocycles. The molecule has 1 aliphatic heterocycles. The van der Waals surface area contributed by atoms with Gasteiger partial charge >= 0.3 is 12.1 Å². The normalized spacial score (nSPS) is 14.9. The number of nitro groups is 1. The van der Waals surface area contributed by atoms with E-state index >= 15 is 0 Å². The van der Waals surface area contributed by atoms with Crippen molar-refractivity contribution in [2.45, 2.75) is 20.0 Å². The van der Waals surface area contributed by atoms with Crippen LogP contribution >= 0.6 is 0 Å². The number of hydrogen-bond donors (Lipinski definition) is 1. The molecule has 0 saturated carbocycles. The Balaban J connectivity index is 1.74. The summed E-state index contributed by atoms with van der Waals surface area (Å²) in [4.78, 5) is 34.8. The Morgan fingerprint density at radius 1 is 1.11 bits per heavy atom. The number of carboxylic acid groups (broad SMARTS) is 1. The highest BCUT2D eigenvalue weighted by Gasteiger charge is 2.47. The number of carbonyl (C=O) groups is 2. The van der Waals surface area contributed by atoms with E-state index in [4.69, 9.17) is 9.52 Å². The fraction of sp³-hybridized carbons (Fsp3) is 0.125. The highest BCUT2D eigenvalue weighted by Crippen LogP contribution is 2.36. The van der Waals surface area contributed by atoms with Gasteiger partial charge in [-0.25, -0.2) is 4.79 Å². The minimum absolute atomic E-state index is 0.0358. The summed E-state index contributed by atoms with van der Waals surface area (Å²) >= 11 is 0. The number of hydrazone groups is 1. The molecule has 1 aromatic heterocycles. The van der Waals surface area contributed by atoms with Gasteiger partial charge in [-0.2, -0.15) is 23.3 Å². The van der Waals surface area contributed by atoms with Gasteiger partial charge in [-0.3, -0.25) is 14.9 Å². The molecule has 0 radical (unpaired) electrons. The number of furan rings is 1. The van der Waals surface area contributed by atoms with Crippen LogP contribution in [0.15, 0.2) is 63.6 Å². The van der Waals surface area contributed by atoms with E-state index in [9.17, 15) is 32.9 Å². The Kier molecular flexibility index (Phi) is 5.96. The number of aryl methyl sites for hydroxylation is 2. The van der Waals surface area contributed by atoms with Gasteiger partial charge in [0.05, 0.1) is 27.3 Å². The van der Waals surface area contributed by atoms with Crippen molar-refractivity contribution in [1.29, 1.82) is 0 Å². The van der Waals surface area contributed by atoms with Crippen molar-refractivity contribution in [3.63, 3.8) is 0 Å². The summed E-state index contributed by atoms with van der Waals surface area (Å²) in [6, 6.07) is 10.1. The first-order valence-electron chi connectivity index (χ1n) is 10.3. The van der Waals surface area contributed by atoms with Crippen molar-refractivity contribution < 1.29 is 37.2 Å². The van der Waals surface area contributed by atoms with E-state index in [1.165, 1.54) is 24.3 Å². The number of halogens is 3. The maximum atomic E-state index is 13.7. The van der Waals surface area contributed by atoms with E-state index in [-0.39, 0.29) is 34.0 Å². The van der Waals surface area contributed by atoms with Crippen LogP contribution in [0.3, 0.4) is 0 Å². The van der Waals surface area contributed by atoms with E-state index in [0.29, 0.717) is 10.6 Å². The number of carbonyl (C=O) groups excluding carboxylic acids is 1. The molecule has 0 saturated heterocycles. The Hall–Kier alpha value is -4.74. The SMILES string of the molecule is Cc1cc(-c2ccc(/C=C3/C(=O)N(c4ccc(C(=O)O)cc4)N=C3C(F)(F)F)o2)c([N+](=O)[O-])cc1C. The third-order valence-corrected chi connectivity index (χ3v) is 5.49. The number of nitrogens with zero attached hydrogens (tertiary/aromatic N) is 3. The van der Waals surface area contributed by atoms with Gasteiger partial charge in [0, 0.05) is 6.07 Å². The molecule has 0 spiro atoms. The lowest BCUT2D eigenvalue weighted by molar-refractivity contribution is -0.384. The lowest BCUT2D eigenvalue weighted by atomic mass is 10.0. The van der Waals surface area contributed by atoms with E-state index in [0.717, 1.165) is 35.9 Å². The predicted octanol–water partition coefficient (Wildman–Crippen LogP) is 5.52. The molecule has 9 nitrogen and oxygen atoms in total. The molecule has 4 rings (SSSR count). The summed E-state index contributed by atoms with van der Waals surface area (Å²) in [6.07, 6.45) is -4.13. The summed E-state index contributed by atoms with van der Waals surface area (Å²) in [5.41, 5.74) is -1.14. The average molecular weight is 499 g/mol. The molecule has 0 bridgehead atoms. The van der Waals surface area contributed by atoms with Crippen molar-refractivity contribution >= 4 is 35.0 Å². The smallest absolute Gasteiger partial charge is 0.435 e. The average Bonchev–Trinajstić information content (AvgIpc) is 3.40. The highest BCUT2D eigenvalue weighted by molar-refractivity contribution is 6.34. The molecule has 1 N–H and O–H groups in total. The van der Waals surface area contributed by atoms with Gasteiger partial charge < -0.3 is 9.52 Å². The first kappa shape index (κ1) is 24.4. The van der Waals surface area contributed by atoms with Crippen molar-refractivity contribution in [2.75, 3.05) is 5.01 Å². The van der Waals surface area contributed by atoms with Crippen LogP contribution in [0.2, 0.25) is 0 Å². The number of hydrogen-bond acceptors (Lipinski definition) is 6. The first-order valence-corrected chi connectivity index (χ1v) is 10.3. The van der Waals surface area contributed by atoms with Crippen molar-refractivity contribution in [1.82, 2.24) is 0 Å². The molecule has 0 unspecified atom stereocenters. The standard InChI is InChI=1S/C24H16F3N3O6/c1-12-9-17(19(30(34)35)10-13(12)2)20-8-7-16(36-20)11-18-21(24(25,26)27)28-29(22(18)31)15-5-3-14(4-6-15)23(32)33/h3-11H,1-2H3,(H,32,33)/b18-11+. The summed E-state index contributed by atoms with van der Waals surface area (Å²) in [5, 5.41) is 24.4. The van der Waals surface area contributed by atoms with Crippen LogP contribution < -0.4 is 5.01 Å². The first-order chi connectivity index (χ1) is 16.9. The second-order valence-electron chi connectivity index (χ2n) is 7.89. The number of aromatic carboxylic acids is 1. The minimum Gasteiger partial charge on any atom is -0.478 e. The Morgan fingerprint density at radius 3 is 2.33 bits per heavy atom. The molecule has 2 heterocycles. The fourth-order valence-corrected chi connectivity index (χ4v) is 3.54. The molecule has 1 amide bonds. The van der Waals surface area contributed by atoms with Gasteiger partial charge in [0.15, 0.2) is 5.71 Å². The number of amides is 1. The molecular formula is C24H16F3N3O6. The van der Waals surface area contributed by atoms with Crippen LogP contribution in [0.4, 0.5) is 24.5 Å². The second-order valence-corrected chi connectivity index (χ2v) is 7.89. The van der Waals surface area contributed by atoms with E-state index in [1.807, 2.05) is 0 Å². The maximum Gasteiger partial charge on any atom is 0.435 e.